The van der Waals surface area contributed by atoms with Crippen LogP contribution in [0.25, 0.3) is 21.5 Å². The first kappa shape index (κ1) is 53.6. The molecule has 4 aliphatic heterocycles. The van der Waals surface area contributed by atoms with E-state index < -0.39 is 0 Å². The van der Waals surface area contributed by atoms with Gasteiger partial charge in [0, 0.05) is 106 Å². The minimum atomic E-state index is -0.357. The lowest BCUT2D eigenvalue weighted by Gasteiger charge is -2.36. The third-order valence-electron chi connectivity index (χ3n) is 19.6. The molecule has 0 amide bonds. The van der Waals surface area contributed by atoms with Crippen molar-refractivity contribution < 1.29 is 19.0 Å². The van der Waals surface area contributed by atoms with Gasteiger partial charge in [0.2, 0.25) is 11.4 Å². The van der Waals surface area contributed by atoms with E-state index in [1.807, 2.05) is 0 Å². The van der Waals surface area contributed by atoms with E-state index in [0.717, 1.165) is 98.1 Å². The average molecular weight is 1130 g/mol. The van der Waals surface area contributed by atoms with E-state index in [0.29, 0.717) is 13.1 Å². The molecule has 82 heavy (non-hydrogen) atoms. The fourth-order valence-electron chi connectivity index (χ4n) is 15.8. The minimum Gasteiger partial charge on any atom is -0.347 e. The number of halogens is 2. The van der Waals surface area contributed by atoms with Crippen LogP contribution in [-0.2, 0) is 34.7 Å². The zero-order valence-electron chi connectivity index (χ0n) is 47.6. The molecule has 10 nitrogen and oxygen atoms in total. The fourth-order valence-corrected chi connectivity index (χ4v) is 16.2. The Bertz CT molecular complexity index is 3810. The molecule has 7 aromatic carbocycles. The van der Waals surface area contributed by atoms with Gasteiger partial charge in [0.15, 0.2) is 24.5 Å². The predicted octanol–water partition coefficient (Wildman–Crippen LogP) is 17.9. The summed E-state index contributed by atoms with van der Waals surface area (Å²) in [5.41, 5.74) is 14.6. The van der Waals surface area contributed by atoms with Gasteiger partial charge in [-0.05, 0) is 122 Å². The number of nitro benzene ring substituents is 2. The van der Waals surface area contributed by atoms with Crippen LogP contribution < -0.4 is 9.80 Å². The molecule has 12 heteroatoms. The number of allylic oxidation sites excluding steroid dienone is 8. The first-order valence-corrected chi connectivity index (χ1v) is 29.8. The number of nitrogens with zero attached hydrogens (tertiary/aromatic N) is 6. The molecule has 2 spiro atoms. The molecular formula is C70H68Cl2N6O4+2. The molecule has 2 aliphatic carbocycles. The molecule has 0 unspecified atom stereocenters. The van der Waals surface area contributed by atoms with E-state index in [2.05, 4.69) is 194 Å². The van der Waals surface area contributed by atoms with Crippen molar-refractivity contribution in [1.29, 1.82) is 0 Å². The maximum atomic E-state index is 12.2. The van der Waals surface area contributed by atoms with Crippen LogP contribution in [-0.4, -0.2) is 44.5 Å². The Labute approximate surface area is 490 Å². The maximum Gasteiger partial charge on any atom is 0.288 e. The molecule has 0 N–H and O–H groups in total. The summed E-state index contributed by atoms with van der Waals surface area (Å²) >= 11 is 13.2. The van der Waals surface area contributed by atoms with Crippen molar-refractivity contribution in [2.24, 2.45) is 0 Å². The van der Waals surface area contributed by atoms with Crippen LogP contribution in [0.15, 0.2) is 169 Å². The SMILES string of the molecule is CN1/C(=C/C=C/C2=[N+](Cc3ccc(C[N+]4=C(/C=C/C=C5/N(C)c6cc(Cl)c([N+](=O)[O-])cc6C56CCCCC6)C(C)(C)c5c4ccc4ccccc54)cc3)c3ccc4ccccc4c3C2(C)C)C2(CCCCC2)c2cc([N+](=O)[O-])c(Cl)cc21. The molecule has 0 bridgehead atoms. The summed E-state index contributed by atoms with van der Waals surface area (Å²) in [6, 6.07) is 42.7. The molecule has 7 aromatic rings. The Hall–Kier alpha value is -7.66. The summed E-state index contributed by atoms with van der Waals surface area (Å²) in [6.07, 6.45) is 23.8. The second-order valence-corrected chi connectivity index (χ2v) is 25.6. The van der Waals surface area contributed by atoms with Crippen molar-refractivity contribution in [1.82, 2.24) is 0 Å². The summed E-state index contributed by atoms with van der Waals surface area (Å²) in [5.74, 6) is 0. The van der Waals surface area contributed by atoms with Gasteiger partial charge in [0.1, 0.15) is 10.0 Å². The standard InChI is InChI=1S/C70H68Cl2N6O4/c1-67(2)61(23-17-25-63-69(35-13-7-14-36-69)51-39-59(77(79)80)53(71)41-57(51)73(63)5)75(55-33-31-47-19-9-11-21-49(47)65(55)67)43-45-27-29-46(30-28-45)44-76-56-34-32-48-20-10-12-22-50(48)66(56)68(3,4)62(76)24-18-26-64-70(37-15-8-16-38-70)52-40-60(78(81)82)54(72)42-58(52)74(64)6/h9-12,17-34,39-42H,7-8,13-16,35-38,43-44H2,1-6H3/q+2. The first-order valence-electron chi connectivity index (χ1n) is 29.1. The monoisotopic (exact) mass is 1130 g/mol. The van der Waals surface area contributed by atoms with Crippen LogP contribution in [0.2, 0.25) is 10.0 Å². The van der Waals surface area contributed by atoms with Crippen molar-refractivity contribution in [3.63, 3.8) is 0 Å². The van der Waals surface area contributed by atoms with Crippen LogP contribution >= 0.6 is 23.2 Å². The van der Waals surface area contributed by atoms with Crippen LogP contribution in [0.3, 0.4) is 0 Å². The Morgan fingerprint density at radius 1 is 0.524 bits per heavy atom. The van der Waals surface area contributed by atoms with Gasteiger partial charge in [0.05, 0.1) is 20.7 Å². The van der Waals surface area contributed by atoms with Crippen molar-refractivity contribution in [2.75, 3.05) is 23.9 Å². The molecule has 2 saturated carbocycles. The third kappa shape index (κ3) is 8.32. The summed E-state index contributed by atoms with van der Waals surface area (Å²) < 4.78 is 5.00. The third-order valence-corrected chi connectivity index (χ3v) is 20.2. The molecule has 2 fully saturated rings. The fraction of sp³-hybridized carbons (Fsp3) is 0.314. The second kappa shape index (κ2) is 20.1. The lowest BCUT2D eigenvalue weighted by atomic mass is 9.68. The number of hydrogen-bond donors (Lipinski definition) is 0. The van der Waals surface area contributed by atoms with E-state index in [4.69, 9.17) is 23.2 Å². The zero-order chi connectivity index (χ0) is 57.0. The summed E-state index contributed by atoms with van der Waals surface area (Å²) in [4.78, 5) is 28.1. The van der Waals surface area contributed by atoms with Gasteiger partial charge in [-0.15, -0.1) is 0 Å². The molecule has 6 aliphatic rings. The molecule has 13 rings (SSSR count). The van der Waals surface area contributed by atoms with E-state index >= 15 is 0 Å². The lowest BCUT2D eigenvalue weighted by molar-refractivity contribution is -0.455. The van der Waals surface area contributed by atoms with E-state index in [-0.39, 0.29) is 52.9 Å². The minimum absolute atomic E-state index is 0.0330. The van der Waals surface area contributed by atoms with Gasteiger partial charge in [0.25, 0.3) is 11.4 Å². The molecule has 414 valence electrons. The first-order chi connectivity index (χ1) is 39.4. The summed E-state index contributed by atoms with van der Waals surface area (Å²) in [7, 11) is 4.15. The largest absolute Gasteiger partial charge is 0.347 e. The molecule has 0 aromatic heterocycles. The Morgan fingerprint density at radius 2 is 0.902 bits per heavy atom. The highest BCUT2D eigenvalue weighted by Crippen LogP contribution is 2.58. The van der Waals surface area contributed by atoms with Gasteiger partial charge in [-0.1, -0.05) is 147 Å². The lowest BCUT2D eigenvalue weighted by Crippen LogP contribution is -2.32. The highest BCUT2D eigenvalue weighted by Gasteiger charge is 2.51. The second-order valence-electron chi connectivity index (χ2n) is 24.8. The van der Waals surface area contributed by atoms with Gasteiger partial charge in [-0.2, -0.15) is 9.15 Å². The highest BCUT2D eigenvalue weighted by molar-refractivity contribution is 6.33. The summed E-state index contributed by atoms with van der Waals surface area (Å²) in [6.45, 7) is 10.7. The quantitative estimate of drug-likeness (QED) is 0.0769. The number of benzene rings is 7. The van der Waals surface area contributed by atoms with Crippen LogP contribution in [0, 0.1) is 20.2 Å². The zero-order valence-corrected chi connectivity index (χ0v) is 49.1. The van der Waals surface area contributed by atoms with Gasteiger partial charge in [-0.3, -0.25) is 20.2 Å². The Kier molecular flexibility index (Phi) is 13.1. The van der Waals surface area contributed by atoms with Gasteiger partial charge >= 0.3 is 0 Å². The number of rotatable bonds is 10. The number of hydrogen-bond acceptors (Lipinski definition) is 6. The Morgan fingerprint density at radius 3 is 1.28 bits per heavy atom. The van der Waals surface area contributed by atoms with Crippen molar-refractivity contribution in [3.8, 4) is 0 Å². The molecule has 4 heterocycles. The van der Waals surface area contributed by atoms with E-state index in [1.165, 1.54) is 66.6 Å². The number of likely N-dealkylation sites (N-methyl/N-ethyl adjacent to an activating group) is 2. The number of nitro groups is 2. The number of fused-ring (bicyclic) bond motifs is 10. The molecule has 0 atom stereocenters. The molecule has 0 radical (unpaired) electrons. The number of anilines is 2. The van der Waals surface area contributed by atoms with Crippen molar-refractivity contribution in [3.05, 3.63) is 233 Å². The maximum absolute atomic E-state index is 12.2. The highest BCUT2D eigenvalue weighted by atomic mass is 35.5. The van der Waals surface area contributed by atoms with Crippen LogP contribution in [0.1, 0.15) is 125 Å². The summed E-state index contributed by atoms with van der Waals surface area (Å²) in [5, 5.41) is 29.6. The normalized spacial score (nSPS) is 20.2. The van der Waals surface area contributed by atoms with Crippen molar-refractivity contribution in [2.45, 2.75) is 127 Å². The van der Waals surface area contributed by atoms with Gasteiger partial charge < -0.3 is 9.80 Å². The van der Waals surface area contributed by atoms with E-state index in [9.17, 15) is 20.2 Å². The van der Waals surface area contributed by atoms with Crippen molar-refractivity contribution >= 4 is 90.3 Å². The predicted molar refractivity (Wildman–Crippen MR) is 335 cm³/mol. The molecule has 0 saturated heterocycles. The van der Waals surface area contributed by atoms with Crippen LogP contribution in [0.4, 0.5) is 34.1 Å². The smallest absolute Gasteiger partial charge is 0.288 e. The van der Waals surface area contributed by atoms with Gasteiger partial charge in [-0.25, -0.2) is 0 Å². The topological polar surface area (TPSA) is 98.8 Å². The average Bonchev–Trinajstić information content (AvgIpc) is 4.24. The van der Waals surface area contributed by atoms with E-state index in [1.54, 1.807) is 24.3 Å². The molecular weight excluding hydrogens is 1060 g/mol. The van der Waals surface area contributed by atoms with Crippen LogP contribution in [0.5, 0.6) is 0 Å². The Balaban J connectivity index is 0.866.